The topological polar surface area (TPSA) is 28.1 Å². The Morgan fingerprint density at radius 1 is 1.05 bits per heavy atom. The molecule has 1 rings (SSSR count). The molecule has 0 aliphatic rings. The van der Waals surface area contributed by atoms with Gasteiger partial charge in [-0.15, -0.1) is 24.0 Å². The molecule has 0 saturated carbocycles. The van der Waals surface area contributed by atoms with Crippen LogP contribution in [0.15, 0.2) is 29.3 Å². The van der Waals surface area contributed by atoms with Crippen LogP contribution in [0.5, 0.6) is 5.75 Å². The summed E-state index contributed by atoms with van der Waals surface area (Å²) in [6, 6.07) is 8.23. The lowest BCUT2D eigenvalue weighted by molar-refractivity contribution is 0.414. The van der Waals surface area contributed by atoms with Gasteiger partial charge in [-0.05, 0) is 30.5 Å². The van der Waals surface area contributed by atoms with E-state index in [0.29, 0.717) is 0 Å². The van der Waals surface area contributed by atoms with Crippen molar-refractivity contribution in [1.29, 1.82) is 0 Å². The van der Waals surface area contributed by atoms with Gasteiger partial charge in [0, 0.05) is 34.7 Å². The number of guanidine groups is 1. The number of benzene rings is 1. The fourth-order valence-corrected chi connectivity index (χ4v) is 1.94. The van der Waals surface area contributed by atoms with Gasteiger partial charge < -0.3 is 14.5 Å². The van der Waals surface area contributed by atoms with Crippen LogP contribution in [0.25, 0.3) is 0 Å². The number of hydrogen-bond donors (Lipinski definition) is 0. The Labute approximate surface area is 139 Å². The molecule has 4 nitrogen and oxygen atoms in total. The highest BCUT2D eigenvalue weighted by molar-refractivity contribution is 14.0. The summed E-state index contributed by atoms with van der Waals surface area (Å²) in [5.41, 5.74) is 1.33. The van der Waals surface area contributed by atoms with Crippen molar-refractivity contribution in [3.8, 4) is 5.75 Å². The average molecular weight is 391 g/mol. The van der Waals surface area contributed by atoms with Crippen LogP contribution >= 0.6 is 24.0 Å². The summed E-state index contributed by atoms with van der Waals surface area (Å²) < 4.78 is 5.15. The molecule has 1 aromatic carbocycles. The molecule has 0 aromatic heterocycles. The van der Waals surface area contributed by atoms with Gasteiger partial charge >= 0.3 is 0 Å². The predicted molar refractivity (Wildman–Crippen MR) is 96.4 cm³/mol. The van der Waals surface area contributed by atoms with Gasteiger partial charge in [0.15, 0.2) is 5.96 Å². The maximum Gasteiger partial charge on any atom is 0.195 e. The van der Waals surface area contributed by atoms with E-state index in [9.17, 15) is 0 Å². The van der Waals surface area contributed by atoms with Crippen molar-refractivity contribution < 1.29 is 4.74 Å². The third-order valence-corrected chi connectivity index (χ3v) is 2.84. The van der Waals surface area contributed by atoms with Gasteiger partial charge in [-0.2, -0.15) is 0 Å². The van der Waals surface area contributed by atoms with Crippen LogP contribution in [-0.4, -0.2) is 57.6 Å². The number of hydrogen-bond acceptors (Lipinski definition) is 2. The first-order valence-corrected chi connectivity index (χ1v) is 6.56. The van der Waals surface area contributed by atoms with E-state index in [-0.39, 0.29) is 24.0 Å². The minimum atomic E-state index is 0. The molecule has 0 radical (unpaired) electrons. The monoisotopic (exact) mass is 391 g/mol. The van der Waals surface area contributed by atoms with Gasteiger partial charge in [0.05, 0.1) is 7.11 Å². The highest BCUT2D eigenvalue weighted by Crippen LogP contribution is 2.12. The predicted octanol–water partition coefficient (Wildman–Crippen LogP) is 2.73. The highest BCUT2D eigenvalue weighted by atomic mass is 127. The fourth-order valence-electron chi connectivity index (χ4n) is 1.94. The Hall–Kier alpha value is -0.980. The normalized spacial score (nSPS) is 9.45. The van der Waals surface area contributed by atoms with Crippen LogP contribution in [0, 0.1) is 0 Å². The second-order valence-corrected chi connectivity index (χ2v) is 4.92. The molecular formula is C15H26IN3O. The van der Waals surface area contributed by atoms with Crippen molar-refractivity contribution in [2.45, 2.75) is 12.8 Å². The smallest absolute Gasteiger partial charge is 0.195 e. The third-order valence-electron chi connectivity index (χ3n) is 2.84. The van der Waals surface area contributed by atoms with Gasteiger partial charge in [0.25, 0.3) is 0 Å². The van der Waals surface area contributed by atoms with Crippen molar-refractivity contribution in [2.75, 3.05) is 41.8 Å². The van der Waals surface area contributed by atoms with E-state index in [4.69, 9.17) is 4.74 Å². The summed E-state index contributed by atoms with van der Waals surface area (Å²) in [4.78, 5) is 8.69. The number of methoxy groups -OCH3 is 1. The van der Waals surface area contributed by atoms with Crippen LogP contribution in [0.1, 0.15) is 12.0 Å². The third kappa shape index (κ3) is 6.45. The molecule has 0 fully saturated rings. The van der Waals surface area contributed by atoms with Crippen LogP contribution in [0.3, 0.4) is 0 Å². The highest BCUT2D eigenvalue weighted by Gasteiger charge is 2.03. The molecule has 0 amide bonds. The Bertz CT molecular complexity index is 392. The zero-order valence-electron chi connectivity index (χ0n) is 13.1. The molecule has 0 bridgehead atoms. The van der Waals surface area contributed by atoms with E-state index in [2.05, 4.69) is 17.1 Å². The Morgan fingerprint density at radius 3 is 2.05 bits per heavy atom. The van der Waals surface area contributed by atoms with Crippen LogP contribution in [-0.2, 0) is 6.42 Å². The summed E-state index contributed by atoms with van der Waals surface area (Å²) in [7, 11) is 9.75. The van der Waals surface area contributed by atoms with Crippen molar-refractivity contribution >= 4 is 29.9 Å². The zero-order chi connectivity index (χ0) is 14.3. The van der Waals surface area contributed by atoms with Crippen molar-refractivity contribution in [2.24, 2.45) is 4.99 Å². The number of rotatable bonds is 5. The van der Waals surface area contributed by atoms with Gasteiger partial charge in [0.1, 0.15) is 5.75 Å². The first-order chi connectivity index (χ1) is 9.04. The van der Waals surface area contributed by atoms with Crippen LogP contribution in [0.4, 0.5) is 0 Å². The Morgan fingerprint density at radius 2 is 1.60 bits per heavy atom. The average Bonchev–Trinajstić information content (AvgIpc) is 2.38. The van der Waals surface area contributed by atoms with Crippen LogP contribution in [0.2, 0.25) is 0 Å². The summed E-state index contributed by atoms with van der Waals surface area (Å²) in [6.07, 6.45) is 2.10. The van der Waals surface area contributed by atoms with Crippen molar-refractivity contribution in [3.05, 3.63) is 29.8 Å². The fraction of sp³-hybridized carbons (Fsp3) is 0.533. The second-order valence-electron chi connectivity index (χ2n) is 4.92. The largest absolute Gasteiger partial charge is 0.497 e. The summed E-state index contributed by atoms with van der Waals surface area (Å²) >= 11 is 0. The molecule has 0 spiro atoms. The molecule has 114 valence electrons. The van der Waals surface area contributed by atoms with E-state index in [1.165, 1.54) is 5.56 Å². The molecule has 0 aliphatic carbocycles. The van der Waals surface area contributed by atoms with Gasteiger partial charge in [-0.3, -0.25) is 4.99 Å². The quantitative estimate of drug-likeness (QED) is 0.335. The number of aliphatic imine (C=N–C) groups is 1. The number of aryl methyl sites for hydroxylation is 1. The summed E-state index contributed by atoms with van der Waals surface area (Å²) in [5, 5.41) is 0. The lowest BCUT2D eigenvalue weighted by Crippen LogP contribution is -2.35. The standard InChI is InChI=1S/C15H25N3O.HI/c1-17(2)15(18(3)4)16-12-6-7-13-8-10-14(19-5)11-9-13;/h8-11H,6-7,12H2,1-5H3;1H. The maximum atomic E-state index is 5.15. The first-order valence-electron chi connectivity index (χ1n) is 6.56. The van der Waals surface area contributed by atoms with Gasteiger partial charge in [-0.1, -0.05) is 12.1 Å². The zero-order valence-corrected chi connectivity index (χ0v) is 15.4. The molecular weight excluding hydrogens is 365 g/mol. The summed E-state index contributed by atoms with van der Waals surface area (Å²) in [6.45, 7) is 0.845. The molecule has 20 heavy (non-hydrogen) atoms. The second kappa shape index (κ2) is 9.85. The van der Waals surface area contributed by atoms with E-state index in [1.807, 2.05) is 50.1 Å². The van der Waals surface area contributed by atoms with Gasteiger partial charge in [0.2, 0.25) is 0 Å². The van der Waals surface area contributed by atoms with E-state index in [0.717, 1.165) is 31.1 Å². The molecule has 0 aliphatic heterocycles. The summed E-state index contributed by atoms with van der Waals surface area (Å²) in [5.74, 6) is 1.92. The minimum Gasteiger partial charge on any atom is -0.497 e. The van der Waals surface area contributed by atoms with Crippen LogP contribution < -0.4 is 4.74 Å². The van der Waals surface area contributed by atoms with E-state index >= 15 is 0 Å². The van der Waals surface area contributed by atoms with E-state index < -0.39 is 0 Å². The minimum absolute atomic E-state index is 0. The molecule has 0 saturated heterocycles. The molecule has 0 unspecified atom stereocenters. The van der Waals surface area contributed by atoms with Gasteiger partial charge in [-0.25, -0.2) is 0 Å². The first kappa shape index (κ1) is 19.0. The molecule has 0 N–H and O–H groups in total. The molecule has 1 aromatic rings. The number of halogens is 1. The number of ether oxygens (including phenoxy) is 1. The van der Waals surface area contributed by atoms with Crippen molar-refractivity contribution in [3.63, 3.8) is 0 Å². The molecule has 0 atom stereocenters. The Kier molecular flexibility index (Phi) is 9.37. The Balaban J connectivity index is 0.00000361. The SMILES string of the molecule is COc1ccc(CCCN=C(N(C)C)N(C)C)cc1.I. The lowest BCUT2D eigenvalue weighted by atomic mass is 10.1. The molecule has 0 heterocycles. The van der Waals surface area contributed by atoms with Crippen molar-refractivity contribution in [1.82, 2.24) is 9.80 Å². The van der Waals surface area contributed by atoms with E-state index in [1.54, 1.807) is 7.11 Å². The molecule has 5 heteroatoms. The lowest BCUT2D eigenvalue weighted by Gasteiger charge is -2.22. The maximum absolute atomic E-state index is 5.15. The number of nitrogens with zero attached hydrogens (tertiary/aromatic N) is 3.